The predicted octanol–water partition coefficient (Wildman–Crippen LogP) is 3.35. The molecule has 1 aromatic rings. The second kappa shape index (κ2) is 4.03. The van der Waals surface area contributed by atoms with E-state index in [1.165, 1.54) is 13.0 Å². The van der Waals surface area contributed by atoms with Crippen LogP contribution in [0.4, 0.5) is 4.39 Å². The SMILES string of the molecule is C/C=C/c1c(C)noc1/C=C(\C)F. The quantitative estimate of drug-likeness (QED) is 0.699. The van der Waals surface area contributed by atoms with Crippen LogP contribution in [0.15, 0.2) is 16.4 Å². The van der Waals surface area contributed by atoms with Crippen molar-refractivity contribution in [2.24, 2.45) is 0 Å². The molecular formula is C10H12FNO. The van der Waals surface area contributed by atoms with E-state index in [0.29, 0.717) is 5.76 Å². The van der Waals surface area contributed by atoms with Crippen LogP contribution in [-0.2, 0) is 0 Å². The molecule has 0 unspecified atom stereocenters. The molecule has 70 valence electrons. The Kier molecular flexibility index (Phi) is 3.01. The van der Waals surface area contributed by atoms with Gasteiger partial charge in [0.25, 0.3) is 0 Å². The summed E-state index contributed by atoms with van der Waals surface area (Å²) < 4.78 is 17.5. The molecule has 0 N–H and O–H groups in total. The summed E-state index contributed by atoms with van der Waals surface area (Å²) in [5.41, 5.74) is 1.60. The Morgan fingerprint density at radius 1 is 1.54 bits per heavy atom. The predicted molar refractivity (Wildman–Crippen MR) is 50.7 cm³/mol. The van der Waals surface area contributed by atoms with Gasteiger partial charge in [0.1, 0.15) is 5.83 Å². The van der Waals surface area contributed by atoms with Crippen LogP contribution in [0.1, 0.15) is 30.9 Å². The summed E-state index contributed by atoms with van der Waals surface area (Å²) in [4.78, 5) is 0. The third-order valence-corrected chi connectivity index (χ3v) is 1.60. The summed E-state index contributed by atoms with van der Waals surface area (Å²) in [5.74, 6) is 0.178. The van der Waals surface area contributed by atoms with Crippen molar-refractivity contribution >= 4 is 12.2 Å². The Bertz CT molecular complexity index is 346. The van der Waals surface area contributed by atoms with E-state index in [9.17, 15) is 4.39 Å². The molecule has 0 aliphatic rings. The van der Waals surface area contributed by atoms with Gasteiger partial charge in [-0.2, -0.15) is 0 Å². The molecule has 2 nitrogen and oxygen atoms in total. The van der Waals surface area contributed by atoms with E-state index in [0.717, 1.165) is 11.3 Å². The molecule has 0 spiro atoms. The van der Waals surface area contributed by atoms with E-state index in [4.69, 9.17) is 4.52 Å². The lowest BCUT2D eigenvalue weighted by Gasteiger charge is -1.89. The molecule has 13 heavy (non-hydrogen) atoms. The van der Waals surface area contributed by atoms with Crippen molar-refractivity contribution in [1.82, 2.24) is 5.16 Å². The Morgan fingerprint density at radius 3 is 2.77 bits per heavy atom. The summed E-state index contributed by atoms with van der Waals surface area (Å²) in [6, 6.07) is 0. The van der Waals surface area contributed by atoms with E-state index in [-0.39, 0.29) is 5.83 Å². The minimum Gasteiger partial charge on any atom is -0.356 e. The van der Waals surface area contributed by atoms with Gasteiger partial charge in [-0.1, -0.05) is 17.3 Å². The molecule has 0 saturated carbocycles. The average molecular weight is 181 g/mol. The molecule has 0 aromatic carbocycles. The molecule has 0 aliphatic heterocycles. The van der Waals surface area contributed by atoms with Gasteiger partial charge in [-0.05, 0) is 20.8 Å². The number of nitrogens with zero attached hydrogens (tertiary/aromatic N) is 1. The molecule has 1 aromatic heterocycles. The van der Waals surface area contributed by atoms with Crippen molar-refractivity contribution < 1.29 is 8.91 Å². The van der Waals surface area contributed by atoms with Gasteiger partial charge < -0.3 is 4.52 Å². The van der Waals surface area contributed by atoms with Crippen LogP contribution in [0.25, 0.3) is 12.2 Å². The molecule has 1 rings (SSSR count). The fourth-order valence-corrected chi connectivity index (χ4v) is 1.05. The minimum atomic E-state index is -0.290. The first-order valence-electron chi connectivity index (χ1n) is 4.08. The Morgan fingerprint density at radius 2 is 2.23 bits per heavy atom. The third-order valence-electron chi connectivity index (χ3n) is 1.60. The normalized spacial score (nSPS) is 12.8. The molecule has 0 radical (unpaired) electrons. The lowest BCUT2D eigenvalue weighted by molar-refractivity contribution is 0.407. The van der Waals surface area contributed by atoms with Crippen LogP contribution in [-0.4, -0.2) is 5.16 Å². The lowest BCUT2D eigenvalue weighted by Crippen LogP contribution is -1.76. The highest BCUT2D eigenvalue weighted by Gasteiger charge is 2.07. The van der Waals surface area contributed by atoms with E-state index < -0.39 is 0 Å². The number of hydrogen-bond acceptors (Lipinski definition) is 2. The molecule has 0 saturated heterocycles. The van der Waals surface area contributed by atoms with Crippen LogP contribution in [0.2, 0.25) is 0 Å². The zero-order valence-corrected chi connectivity index (χ0v) is 7.97. The van der Waals surface area contributed by atoms with Gasteiger partial charge >= 0.3 is 0 Å². The van der Waals surface area contributed by atoms with Gasteiger partial charge in [0.05, 0.1) is 5.69 Å². The van der Waals surface area contributed by atoms with E-state index in [2.05, 4.69) is 5.16 Å². The van der Waals surface area contributed by atoms with Gasteiger partial charge in [-0.3, -0.25) is 0 Å². The molecule has 0 aliphatic carbocycles. The first-order valence-corrected chi connectivity index (χ1v) is 4.08. The first kappa shape index (κ1) is 9.71. The second-order valence-electron chi connectivity index (χ2n) is 2.78. The van der Waals surface area contributed by atoms with Gasteiger partial charge in [0.15, 0.2) is 5.76 Å². The number of halogens is 1. The van der Waals surface area contributed by atoms with E-state index in [1.54, 1.807) is 0 Å². The highest BCUT2D eigenvalue weighted by molar-refractivity contribution is 5.63. The van der Waals surface area contributed by atoms with Crippen molar-refractivity contribution in [1.29, 1.82) is 0 Å². The summed E-state index contributed by atoms with van der Waals surface area (Å²) in [6.07, 6.45) is 5.04. The lowest BCUT2D eigenvalue weighted by atomic mass is 10.2. The highest BCUT2D eigenvalue weighted by atomic mass is 19.1. The van der Waals surface area contributed by atoms with Crippen molar-refractivity contribution in [2.75, 3.05) is 0 Å². The fraction of sp³-hybridized carbons (Fsp3) is 0.300. The van der Waals surface area contributed by atoms with Crippen LogP contribution in [0.3, 0.4) is 0 Å². The first-order chi connectivity index (χ1) is 6.15. The Hall–Kier alpha value is -1.38. The molecule has 0 fully saturated rings. The standard InChI is InChI=1S/C10H12FNO/c1-4-5-9-8(3)12-13-10(9)6-7(2)11/h4-6H,1-3H3/b5-4+,7-6+. The molecule has 0 amide bonds. The maximum Gasteiger partial charge on any atom is 0.169 e. The topological polar surface area (TPSA) is 26.0 Å². The smallest absolute Gasteiger partial charge is 0.169 e. The number of aromatic nitrogens is 1. The minimum absolute atomic E-state index is 0.290. The Balaban J connectivity index is 3.15. The molecule has 0 bridgehead atoms. The molecule has 1 heterocycles. The largest absolute Gasteiger partial charge is 0.356 e. The zero-order valence-electron chi connectivity index (χ0n) is 7.97. The number of hydrogen-bond donors (Lipinski definition) is 0. The van der Waals surface area contributed by atoms with Gasteiger partial charge in [-0.25, -0.2) is 4.39 Å². The van der Waals surface area contributed by atoms with E-state index in [1.807, 2.05) is 26.0 Å². The highest BCUT2D eigenvalue weighted by Crippen LogP contribution is 2.18. The molecular weight excluding hydrogens is 169 g/mol. The summed E-state index contributed by atoms with van der Waals surface area (Å²) in [7, 11) is 0. The zero-order chi connectivity index (χ0) is 9.84. The van der Waals surface area contributed by atoms with Crippen LogP contribution in [0.5, 0.6) is 0 Å². The average Bonchev–Trinajstić information content (AvgIpc) is 2.35. The monoisotopic (exact) mass is 181 g/mol. The second-order valence-corrected chi connectivity index (χ2v) is 2.78. The van der Waals surface area contributed by atoms with Gasteiger partial charge in [-0.15, -0.1) is 0 Å². The van der Waals surface area contributed by atoms with E-state index >= 15 is 0 Å². The maximum atomic E-state index is 12.6. The third kappa shape index (κ3) is 2.28. The fourth-order valence-electron chi connectivity index (χ4n) is 1.05. The number of aryl methyl sites for hydroxylation is 1. The molecule has 3 heteroatoms. The van der Waals surface area contributed by atoms with Crippen molar-refractivity contribution in [2.45, 2.75) is 20.8 Å². The Labute approximate surface area is 76.7 Å². The maximum absolute atomic E-state index is 12.6. The summed E-state index contributed by atoms with van der Waals surface area (Å²) >= 11 is 0. The van der Waals surface area contributed by atoms with Crippen LogP contribution >= 0.6 is 0 Å². The number of allylic oxidation sites excluding steroid dienone is 2. The van der Waals surface area contributed by atoms with Gasteiger partial charge in [0, 0.05) is 11.6 Å². The van der Waals surface area contributed by atoms with Crippen LogP contribution in [0, 0.1) is 6.92 Å². The van der Waals surface area contributed by atoms with Crippen molar-refractivity contribution in [3.05, 3.63) is 28.9 Å². The van der Waals surface area contributed by atoms with Crippen LogP contribution < -0.4 is 0 Å². The molecule has 0 atom stereocenters. The summed E-state index contributed by atoms with van der Waals surface area (Å²) in [6.45, 7) is 5.09. The summed E-state index contributed by atoms with van der Waals surface area (Å²) in [5, 5.41) is 3.75. The number of rotatable bonds is 2. The van der Waals surface area contributed by atoms with Crippen molar-refractivity contribution in [3.8, 4) is 0 Å². The van der Waals surface area contributed by atoms with Crippen molar-refractivity contribution in [3.63, 3.8) is 0 Å². The van der Waals surface area contributed by atoms with Gasteiger partial charge in [0.2, 0.25) is 0 Å².